The Bertz CT molecular complexity index is 1250. The standard InChI is InChI=1S/C29H33N3O4S/c1-6-31(5)25(33)16-23-18-37-29-30-20(4)26(28(34)36-19(2)3)27(32(23)29)22-13-10-14-24(15-22)35-17-21-11-8-7-9-12-21/h7-15,18-19,27H,6,16-17H2,1-5H3. The predicted octanol–water partition coefficient (Wildman–Crippen LogP) is 5.66. The van der Waals surface area contributed by atoms with Gasteiger partial charge in [0.2, 0.25) is 5.91 Å². The zero-order chi connectivity index (χ0) is 26.5. The fourth-order valence-corrected chi connectivity index (χ4v) is 5.17. The molecule has 4 rings (SSSR count). The molecule has 0 radical (unpaired) electrons. The molecule has 7 nitrogen and oxygen atoms in total. The minimum Gasteiger partial charge on any atom is -0.489 e. The Hall–Kier alpha value is -3.52. The number of rotatable bonds is 9. The van der Waals surface area contributed by atoms with Gasteiger partial charge in [0.1, 0.15) is 12.4 Å². The molecule has 194 valence electrons. The van der Waals surface area contributed by atoms with Crippen LogP contribution in [-0.4, -0.2) is 46.5 Å². The van der Waals surface area contributed by atoms with Crippen molar-refractivity contribution in [2.24, 2.45) is 4.99 Å². The Morgan fingerprint density at radius 1 is 1.14 bits per heavy atom. The molecule has 0 fully saturated rings. The van der Waals surface area contributed by atoms with Crippen molar-refractivity contribution < 1.29 is 19.1 Å². The molecular formula is C29H33N3O4S. The number of hydrogen-bond acceptors (Lipinski definition) is 7. The highest BCUT2D eigenvalue weighted by Gasteiger charge is 2.41. The first-order valence-corrected chi connectivity index (χ1v) is 13.3. The Labute approximate surface area is 222 Å². The first-order chi connectivity index (χ1) is 17.8. The van der Waals surface area contributed by atoms with Crippen molar-refractivity contribution in [3.63, 3.8) is 0 Å². The SMILES string of the molecule is CCN(C)C(=O)CC1=CSC2=NC(C)=C(C(=O)OC(C)C)C(c3cccc(OCc4ccccc4)c3)N12. The number of esters is 1. The van der Waals surface area contributed by atoms with Gasteiger partial charge in [0.25, 0.3) is 0 Å². The van der Waals surface area contributed by atoms with Crippen LogP contribution in [0.15, 0.2) is 82.0 Å². The van der Waals surface area contributed by atoms with E-state index in [1.807, 2.05) is 92.6 Å². The van der Waals surface area contributed by atoms with E-state index in [9.17, 15) is 9.59 Å². The van der Waals surface area contributed by atoms with Crippen LogP contribution in [0, 0.1) is 0 Å². The van der Waals surface area contributed by atoms with E-state index in [0.29, 0.717) is 30.2 Å². The molecule has 0 bridgehead atoms. The first kappa shape index (κ1) is 26.5. The molecule has 0 aliphatic carbocycles. The topological polar surface area (TPSA) is 71.4 Å². The molecule has 0 saturated heterocycles. The number of allylic oxidation sites excluding steroid dienone is 1. The summed E-state index contributed by atoms with van der Waals surface area (Å²) in [6, 6.07) is 17.2. The molecule has 1 amide bonds. The lowest BCUT2D eigenvalue weighted by Crippen LogP contribution is -2.38. The summed E-state index contributed by atoms with van der Waals surface area (Å²) in [5, 5.41) is 2.69. The van der Waals surface area contributed by atoms with E-state index in [4.69, 9.17) is 14.5 Å². The third-order valence-electron chi connectivity index (χ3n) is 6.22. The monoisotopic (exact) mass is 519 g/mol. The van der Waals surface area contributed by atoms with Gasteiger partial charge in [0, 0.05) is 19.3 Å². The number of ether oxygens (including phenoxy) is 2. The van der Waals surface area contributed by atoms with Gasteiger partial charge in [-0.2, -0.15) is 0 Å². The molecule has 1 unspecified atom stereocenters. The van der Waals surface area contributed by atoms with Crippen LogP contribution in [-0.2, 0) is 20.9 Å². The molecule has 1 atom stereocenters. The summed E-state index contributed by atoms with van der Waals surface area (Å²) in [7, 11) is 1.79. The second-order valence-corrected chi connectivity index (χ2v) is 10.1. The number of hydrogen-bond donors (Lipinski definition) is 0. The van der Waals surface area contributed by atoms with Crippen molar-refractivity contribution in [2.75, 3.05) is 13.6 Å². The fraction of sp³-hybridized carbons (Fsp3) is 0.345. The average molecular weight is 520 g/mol. The van der Waals surface area contributed by atoms with Gasteiger partial charge in [-0.1, -0.05) is 54.2 Å². The van der Waals surface area contributed by atoms with Crippen molar-refractivity contribution in [3.8, 4) is 5.75 Å². The molecule has 2 heterocycles. The lowest BCUT2D eigenvalue weighted by molar-refractivity contribution is -0.143. The van der Waals surface area contributed by atoms with Gasteiger partial charge >= 0.3 is 5.97 Å². The maximum Gasteiger partial charge on any atom is 0.338 e. The summed E-state index contributed by atoms with van der Waals surface area (Å²) in [5.74, 6) is 0.287. The van der Waals surface area contributed by atoms with Crippen LogP contribution in [0.3, 0.4) is 0 Å². The molecular weight excluding hydrogens is 486 g/mol. The van der Waals surface area contributed by atoms with E-state index in [2.05, 4.69) is 0 Å². The van der Waals surface area contributed by atoms with Gasteiger partial charge in [-0.05, 0) is 56.4 Å². The number of benzene rings is 2. The van der Waals surface area contributed by atoms with Crippen LogP contribution in [0.4, 0.5) is 0 Å². The van der Waals surface area contributed by atoms with Crippen molar-refractivity contribution >= 4 is 28.8 Å². The zero-order valence-electron chi connectivity index (χ0n) is 21.9. The van der Waals surface area contributed by atoms with Crippen LogP contribution >= 0.6 is 11.8 Å². The zero-order valence-corrected chi connectivity index (χ0v) is 22.7. The highest BCUT2D eigenvalue weighted by atomic mass is 32.2. The minimum absolute atomic E-state index is 0.00637. The van der Waals surface area contributed by atoms with E-state index in [1.54, 1.807) is 11.9 Å². The highest BCUT2D eigenvalue weighted by Crippen LogP contribution is 2.45. The molecule has 2 aromatic rings. The van der Waals surface area contributed by atoms with Gasteiger partial charge < -0.3 is 19.3 Å². The number of nitrogens with zero attached hydrogens (tertiary/aromatic N) is 3. The van der Waals surface area contributed by atoms with Gasteiger partial charge in [0.05, 0.1) is 29.8 Å². The normalized spacial score (nSPS) is 16.8. The average Bonchev–Trinajstić information content (AvgIpc) is 3.28. The second kappa shape index (κ2) is 11.7. The smallest absolute Gasteiger partial charge is 0.338 e. The van der Waals surface area contributed by atoms with E-state index in [1.165, 1.54) is 11.8 Å². The van der Waals surface area contributed by atoms with Crippen LogP contribution in [0.25, 0.3) is 0 Å². The number of fused-ring (bicyclic) bond motifs is 1. The summed E-state index contributed by atoms with van der Waals surface area (Å²) < 4.78 is 11.7. The van der Waals surface area contributed by atoms with Crippen LogP contribution in [0.1, 0.15) is 51.3 Å². The molecule has 2 aliphatic rings. The number of carbonyl (C=O) groups is 2. The van der Waals surface area contributed by atoms with Crippen molar-refractivity contribution in [1.29, 1.82) is 0 Å². The number of carbonyl (C=O) groups excluding carboxylic acids is 2. The van der Waals surface area contributed by atoms with E-state index < -0.39 is 12.0 Å². The highest BCUT2D eigenvalue weighted by molar-refractivity contribution is 8.16. The summed E-state index contributed by atoms with van der Waals surface area (Å²) in [6.07, 6.45) is -0.0649. The van der Waals surface area contributed by atoms with E-state index >= 15 is 0 Å². The Kier molecular flexibility index (Phi) is 8.38. The fourth-order valence-electron chi connectivity index (χ4n) is 4.21. The van der Waals surface area contributed by atoms with Crippen molar-refractivity contribution in [3.05, 3.63) is 88.1 Å². The van der Waals surface area contributed by atoms with Gasteiger partial charge in [-0.15, -0.1) is 0 Å². The Morgan fingerprint density at radius 2 is 1.89 bits per heavy atom. The maximum absolute atomic E-state index is 13.4. The lowest BCUT2D eigenvalue weighted by atomic mass is 9.93. The van der Waals surface area contributed by atoms with Gasteiger partial charge in [-0.25, -0.2) is 9.79 Å². The molecule has 0 saturated carbocycles. The third-order valence-corrected chi connectivity index (χ3v) is 7.11. The number of amidine groups is 1. The number of amides is 1. The maximum atomic E-state index is 13.4. The number of aliphatic imine (C=N–C) groups is 1. The molecule has 0 aromatic heterocycles. The predicted molar refractivity (Wildman–Crippen MR) is 147 cm³/mol. The third kappa shape index (κ3) is 6.07. The lowest BCUT2D eigenvalue weighted by Gasteiger charge is -2.36. The molecule has 2 aliphatic heterocycles. The summed E-state index contributed by atoms with van der Waals surface area (Å²) in [5.41, 5.74) is 3.80. The summed E-state index contributed by atoms with van der Waals surface area (Å²) in [6.45, 7) is 8.48. The first-order valence-electron chi connectivity index (χ1n) is 12.4. The molecule has 37 heavy (non-hydrogen) atoms. The second-order valence-electron chi connectivity index (χ2n) is 9.28. The molecule has 8 heteroatoms. The van der Waals surface area contributed by atoms with Crippen molar-refractivity contribution in [2.45, 2.75) is 52.9 Å². The Morgan fingerprint density at radius 3 is 2.59 bits per heavy atom. The van der Waals surface area contributed by atoms with Gasteiger partial charge in [0.15, 0.2) is 5.17 Å². The Balaban J connectivity index is 1.70. The van der Waals surface area contributed by atoms with Gasteiger partial charge in [-0.3, -0.25) is 4.79 Å². The van der Waals surface area contributed by atoms with Crippen LogP contribution in [0.5, 0.6) is 5.75 Å². The largest absolute Gasteiger partial charge is 0.489 e. The van der Waals surface area contributed by atoms with Crippen molar-refractivity contribution in [1.82, 2.24) is 9.80 Å². The quantitative estimate of drug-likeness (QED) is 0.398. The summed E-state index contributed by atoms with van der Waals surface area (Å²) in [4.78, 5) is 34.6. The molecule has 2 aromatic carbocycles. The molecule has 0 N–H and O–H groups in total. The van der Waals surface area contributed by atoms with Crippen LogP contribution < -0.4 is 4.74 Å². The number of thioether (sulfide) groups is 1. The van der Waals surface area contributed by atoms with E-state index in [-0.39, 0.29) is 18.4 Å². The molecule has 0 spiro atoms. The van der Waals surface area contributed by atoms with Crippen LogP contribution in [0.2, 0.25) is 0 Å². The minimum atomic E-state index is -0.500. The van der Waals surface area contributed by atoms with E-state index in [0.717, 1.165) is 22.0 Å². The summed E-state index contributed by atoms with van der Waals surface area (Å²) >= 11 is 1.46.